The number of aliphatic carboxylic acids is 1. The van der Waals surface area contributed by atoms with Crippen molar-refractivity contribution in [1.29, 1.82) is 0 Å². The Hall–Kier alpha value is -1.45. The maximum Gasteiger partial charge on any atom is 0.308 e. The van der Waals surface area contributed by atoms with Gasteiger partial charge in [0, 0.05) is 13.1 Å². The predicted molar refractivity (Wildman–Crippen MR) is 76.4 cm³/mol. The second kappa shape index (κ2) is 6.54. The number of likely N-dealkylation sites (tertiary alicyclic amines) is 1. The highest BCUT2D eigenvalue weighted by atomic mass is 32.2. The molecule has 1 aromatic heterocycles. The number of carboxylic acid groups (broad SMARTS) is 1. The third-order valence-electron chi connectivity index (χ3n) is 3.30. The normalized spacial score (nSPS) is 19.4. The Bertz CT molecular complexity index is 612. The van der Waals surface area contributed by atoms with Gasteiger partial charge in [-0.05, 0) is 24.3 Å². The zero-order valence-electron chi connectivity index (χ0n) is 11.2. The number of nitrogens with zero attached hydrogens (tertiary/aromatic N) is 1. The molecule has 2 heterocycles. The number of carbonyl (C=O) groups excluding carboxylic acids is 1. The van der Waals surface area contributed by atoms with Gasteiger partial charge in [-0.15, -0.1) is 11.3 Å². The second-order valence-corrected chi connectivity index (χ2v) is 7.72. The molecule has 1 atom stereocenters. The van der Waals surface area contributed by atoms with E-state index < -0.39 is 27.8 Å². The van der Waals surface area contributed by atoms with Crippen molar-refractivity contribution in [3.8, 4) is 0 Å². The largest absolute Gasteiger partial charge is 0.481 e. The van der Waals surface area contributed by atoms with E-state index in [9.17, 15) is 18.0 Å². The topological polar surface area (TPSA) is 104 Å². The van der Waals surface area contributed by atoms with Crippen LogP contribution in [0.5, 0.6) is 0 Å². The summed E-state index contributed by atoms with van der Waals surface area (Å²) in [6.45, 7) is 0.241. The summed E-state index contributed by atoms with van der Waals surface area (Å²) in [6.07, 6.45) is 1.15. The summed E-state index contributed by atoms with van der Waals surface area (Å²) in [5.74, 6) is -1.90. The minimum Gasteiger partial charge on any atom is -0.481 e. The van der Waals surface area contributed by atoms with Gasteiger partial charge in [0.1, 0.15) is 4.21 Å². The molecule has 2 N–H and O–H groups in total. The smallest absolute Gasteiger partial charge is 0.308 e. The number of sulfonamides is 1. The number of piperidine rings is 1. The molecular formula is C12H16N2O5S2. The van der Waals surface area contributed by atoms with Crippen molar-refractivity contribution in [2.24, 2.45) is 5.92 Å². The minimum atomic E-state index is -3.68. The molecular weight excluding hydrogens is 316 g/mol. The van der Waals surface area contributed by atoms with Gasteiger partial charge < -0.3 is 10.0 Å². The number of nitrogens with one attached hydrogen (secondary N) is 1. The van der Waals surface area contributed by atoms with E-state index in [0.717, 1.165) is 11.3 Å². The van der Waals surface area contributed by atoms with Crippen molar-refractivity contribution in [3.63, 3.8) is 0 Å². The molecule has 21 heavy (non-hydrogen) atoms. The number of amides is 1. The lowest BCUT2D eigenvalue weighted by Gasteiger charge is -2.30. The molecule has 7 nitrogen and oxygen atoms in total. The van der Waals surface area contributed by atoms with E-state index in [4.69, 9.17) is 5.11 Å². The van der Waals surface area contributed by atoms with Crippen LogP contribution in [-0.2, 0) is 19.6 Å². The molecule has 1 amide bonds. The van der Waals surface area contributed by atoms with Crippen LogP contribution in [0.25, 0.3) is 0 Å². The summed E-state index contributed by atoms with van der Waals surface area (Å²) in [5, 5.41) is 10.6. The van der Waals surface area contributed by atoms with Crippen LogP contribution >= 0.6 is 11.3 Å². The van der Waals surface area contributed by atoms with E-state index in [1.807, 2.05) is 0 Å². The first kappa shape index (κ1) is 15.9. The monoisotopic (exact) mass is 332 g/mol. The minimum absolute atomic E-state index is 0.134. The fourth-order valence-electron chi connectivity index (χ4n) is 2.16. The molecule has 0 bridgehead atoms. The third-order valence-corrected chi connectivity index (χ3v) is 6.10. The number of carboxylic acids is 1. The molecule has 0 saturated carbocycles. The highest BCUT2D eigenvalue weighted by Crippen LogP contribution is 2.17. The number of hydrogen-bond donors (Lipinski definition) is 2. The standard InChI is InChI=1S/C12H16N2O5S2/c15-10(14-5-1-3-9(8-14)12(16)17)7-13-21(18,19)11-4-2-6-20-11/h2,4,6,9,13H,1,3,5,7-8H2,(H,16,17). The average molecular weight is 332 g/mol. The van der Waals surface area contributed by atoms with Gasteiger partial charge >= 0.3 is 5.97 Å². The number of rotatable bonds is 5. The molecule has 1 aromatic rings. The van der Waals surface area contributed by atoms with Crippen molar-refractivity contribution in [3.05, 3.63) is 17.5 Å². The lowest BCUT2D eigenvalue weighted by atomic mass is 9.98. The van der Waals surface area contributed by atoms with E-state index >= 15 is 0 Å². The lowest BCUT2D eigenvalue weighted by molar-refractivity contribution is -0.145. The van der Waals surface area contributed by atoms with Crippen molar-refractivity contribution in [2.75, 3.05) is 19.6 Å². The van der Waals surface area contributed by atoms with E-state index in [1.165, 1.54) is 11.0 Å². The van der Waals surface area contributed by atoms with Gasteiger partial charge in [-0.1, -0.05) is 6.07 Å². The van der Waals surface area contributed by atoms with Gasteiger partial charge in [0.15, 0.2) is 0 Å². The number of thiophene rings is 1. The number of hydrogen-bond acceptors (Lipinski definition) is 5. The van der Waals surface area contributed by atoms with Crippen molar-refractivity contribution in [2.45, 2.75) is 17.1 Å². The Morgan fingerprint density at radius 1 is 1.48 bits per heavy atom. The summed E-state index contributed by atoms with van der Waals surface area (Å²) in [6, 6.07) is 3.07. The second-order valence-electron chi connectivity index (χ2n) is 4.77. The van der Waals surface area contributed by atoms with Crippen LogP contribution in [0.2, 0.25) is 0 Å². The molecule has 1 fully saturated rings. The first-order valence-electron chi connectivity index (χ1n) is 6.44. The van der Waals surface area contributed by atoms with E-state index in [-0.39, 0.29) is 17.3 Å². The van der Waals surface area contributed by atoms with Gasteiger partial charge in [-0.3, -0.25) is 9.59 Å². The SMILES string of the molecule is O=C(O)C1CCCN(C(=O)CNS(=O)(=O)c2cccs2)C1. The molecule has 9 heteroatoms. The summed E-state index contributed by atoms with van der Waals surface area (Å²) >= 11 is 1.07. The van der Waals surface area contributed by atoms with E-state index in [2.05, 4.69) is 4.72 Å². The Balaban J connectivity index is 1.91. The van der Waals surface area contributed by atoms with Crippen LogP contribution in [0.15, 0.2) is 21.7 Å². The fraction of sp³-hybridized carbons (Fsp3) is 0.500. The van der Waals surface area contributed by atoms with Gasteiger partial charge in [-0.2, -0.15) is 0 Å². The van der Waals surface area contributed by atoms with Crippen molar-refractivity contribution >= 4 is 33.2 Å². The predicted octanol–water partition coefficient (Wildman–Crippen LogP) is 0.350. The zero-order valence-corrected chi connectivity index (χ0v) is 12.8. The first-order valence-corrected chi connectivity index (χ1v) is 8.80. The molecule has 1 saturated heterocycles. The molecule has 1 unspecified atom stereocenters. The van der Waals surface area contributed by atoms with E-state index in [0.29, 0.717) is 19.4 Å². The van der Waals surface area contributed by atoms with Gasteiger partial charge in [0.25, 0.3) is 10.0 Å². The first-order chi connectivity index (χ1) is 9.90. The maximum absolute atomic E-state index is 12.0. The van der Waals surface area contributed by atoms with Gasteiger partial charge in [-0.25, -0.2) is 13.1 Å². The van der Waals surface area contributed by atoms with Crippen LogP contribution < -0.4 is 4.72 Å². The van der Waals surface area contributed by atoms with Crippen LogP contribution in [0, 0.1) is 5.92 Å². The highest BCUT2D eigenvalue weighted by Gasteiger charge is 2.28. The Labute approximate surface area is 126 Å². The zero-order chi connectivity index (χ0) is 15.5. The van der Waals surface area contributed by atoms with Crippen LogP contribution in [-0.4, -0.2) is 49.9 Å². The molecule has 2 rings (SSSR count). The van der Waals surface area contributed by atoms with Crippen LogP contribution in [0.4, 0.5) is 0 Å². The quantitative estimate of drug-likeness (QED) is 0.810. The molecule has 0 aromatic carbocycles. The molecule has 116 valence electrons. The van der Waals surface area contributed by atoms with Crippen LogP contribution in [0.3, 0.4) is 0 Å². The Kier molecular flexibility index (Phi) is 4.96. The molecule has 0 aliphatic carbocycles. The maximum atomic E-state index is 12.0. The number of carbonyl (C=O) groups is 2. The molecule has 0 spiro atoms. The molecule has 1 aliphatic heterocycles. The average Bonchev–Trinajstić information content (AvgIpc) is 3.00. The van der Waals surface area contributed by atoms with Gasteiger partial charge in [0.2, 0.25) is 5.91 Å². The van der Waals surface area contributed by atoms with Crippen LogP contribution in [0.1, 0.15) is 12.8 Å². The van der Waals surface area contributed by atoms with Crippen molar-refractivity contribution < 1.29 is 23.1 Å². The highest BCUT2D eigenvalue weighted by molar-refractivity contribution is 7.91. The molecule has 1 aliphatic rings. The summed E-state index contributed by atoms with van der Waals surface area (Å²) in [5.41, 5.74) is 0. The molecule has 0 radical (unpaired) electrons. The third kappa shape index (κ3) is 4.02. The summed E-state index contributed by atoms with van der Waals surface area (Å²) in [4.78, 5) is 24.3. The van der Waals surface area contributed by atoms with Crippen molar-refractivity contribution in [1.82, 2.24) is 9.62 Å². The summed E-state index contributed by atoms with van der Waals surface area (Å²) in [7, 11) is -3.68. The fourth-order valence-corrected chi connectivity index (χ4v) is 4.17. The van der Waals surface area contributed by atoms with E-state index in [1.54, 1.807) is 11.4 Å². The lowest BCUT2D eigenvalue weighted by Crippen LogP contribution is -2.46. The Morgan fingerprint density at radius 2 is 2.24 bits per heavy atom. The van der Waals surface area contributed by atoms with Gasteiger partial charge in [0.05, 0.1) is 12.5 Å². The summed E-state index contributed by atoms with van der Waals surface area (Å²) < 4.78 is 26.2. The Morgan fingerprint density at radius 3 is 2.86 bits per heavy atom.